The molecule has 0 amide bonds. The van der Waals surface area contributed by atoms with E-state index in [0.29, 0.717) is 10.6 Å². The average Bonchev–Trinajstić information content (AvgIpc) is 2.38. The predicted molar refractivity (Wildman–Crippen MR) is 78.6 cm³/mol. The molecule has 108 valence electrons. The molecule has 0 bridgehead atoms. The highest BCUT2D eigenvalue weighted by Gasteiger charge is 2.16. The van der Waals surface area contributed by atoms with Gasteiger partial charge in [0.1, 0.15) is 5.82 Å². The van der Waals surface area contributed by atoms with Crippen LogP contribution in [0.1, 0.15) is 37.8 Å². The highest BCUT2D eigenvalue weighted by atomic mass is 35.5. The molecule has 0 saturated heterocycles. The van der Waals surface area contributed by atoms with Gasteiger partial charge in [0.25, 0.3) is 0 Å². The summed E-state index contributed by atoms with van der Waals surface area (Å²) in [4.78, 5) is 0. The van der Waals surface area contributed by atoms with E-state index in [2.05, 4.69) is 5.32 Å². The summed E-state index contributed by atoms with van der Waals surface area (Å²) in [6.07, 6.45) is 3.18. The number of ether oxygens (including phenoxy) is 1. The molecule has 0 saturated carbocycles. The van der Waals surface area contributed by atoms with Crippen LogP contribution >= 0.6 is 23.2 Å². The van der Waals surface area contributed by atoms with Gasteiger partial charge in [0.2, 0.25) is 0 Å². The maximum absolute atomic E-state index is 13.4. The molecule has 1 atom stereocenters. The molecule has 1 aromatic rings. The third-order valence-electron chi connectivity index (χ3n) is 2.99. The van der Waals surface area contributed by atoms with E-state index in [9.17, 15) is 4.39 Å². The fraction of sp³-hybridized carbons (Fsp3) is 0.571. The Hall–Kier alpha value is -0.350. The zero-order valence-electron chi connectivity index (χ0n) is 11.3. The minimum absolute atomic E-state index is 0.0712. The van der Waals surface area contributed by atoms with Crippen molar-refractivity contribution in [3.05, 3.63) is 33.6 Å². The maximum Gasteiger partial charge on any atom is 0.142 e. The fourth-order valence-corrected chi connectivity index (χ4v) is 2.61. The number of hydrogen-bond donors (Lipinski definition) is 1. The largest absolute Gasteiger partial charge is 0.385 e. The predicted octanol–water partition coefficient (Wildman–Crippen LogP) is 4.60. The van der Waals surface area contributed by atoms with Crippen LogP contribution in [0.2, 0.25) is 10.0 Å². The Bertz CT molecular complexity index is 401. The van der Waals surface area contributed by atoms with E-state index < -0.39 is 5.82 Å². The normalized spacial score (nSPS) is 12.7. The minimum Gasteiger partial charge on any atom is -0.385 e. The van der Waals surface area contributed by atoms with Crippen molar-refractivity contribution in [2.75, 3.05) is 20.3 Å². The van der Waals surface area contributed by atoms with Gasteiger partial charge in [-0.2, -0.15) is 0 Å². The first-order valence-electron chi connectivity index (χ1n) is 6.43. The second-order valence-electron chi connectivity index (χ2n) is 4.49. The molecular weight excluding hydrogens is 288 g/mol. The lowest BCUT2D eigenvalue weighted by molar-refractivity contribution is 0.192. The molecule has 1 unspecified atom stereocenters. The van der Waals surface area contributed by atoms with Gasteiger partial charge in [-0.05, 0) is 44.9 Å². The average molecular weight is 308 g/mol. The zero-order chi connectivity index (χ0) is 14.3. The van der Waals surface area contributed by atoms with Crippen molar-refractivity contribution in [1.82, 2.24) is 5.32 Å². The topological polar surface area (TPSA) is 21.3 Å². The van der Waals surface area contributed by atoms with Crippen LogP contribution in [-0.2, 0) is 4.74 Å². The lowest BCUT2D eigenvalue weighted by atomic mass is 10.1. The molecule has 1 aromatic carbocycles. The zero-order valence-corrected chi connectivity index (χ0v) is 12.8. The number of hydrogen-bond acceptors (Lipinski definition) is 2. The number of unbranched alkanes of at least 4 members (excludes halogenated alkanes) is 2. The van der Waals surface area contributed by atoms with Crippen molar-refractivity contribution in [3.8, 4) is 0 Å². The Kier molecular flexibility index (Phi) is 7.69. The molecular formula is C14H20Cl2FNO. The van der Waals surface area contributed by atoms with Crippen molar-refractivity contribution >= 4 is 23.2 Å². The smallest absolute Gasteiger partial charge is 0.142 e. The standard InChI is InChI=1S/C14H20Cl2FNO/c1-10(18-8-4-3-5-9-19-2)13-11(15)6-7-12(17)14(13)16/h6-7,10,18H,3-5,8-9H2,1-2H3. The van der Waals surface area contributed by atoms with Crippen LogP contribution in [0.5, 0.6) is 0 Å². The molecule has 0 spiro atoms. The Morgan fingerprint density at radius 1 is 1.26 bits per heavy atom. The van der Waals surface area contributed by atoms with Crippen molar-refractivity contribution in [1.29, 1.82) is 0 Å². The molecule has 1 N–H and O–H groups in total. The molecule has 0 aliphatic carbocycles. The van der Waals surface area contributed by atoms with Crippen LogP contribution < -0.4 is 5.32 Å². The van der Waals surface area contributed by atoms with Gasteiger partial charge in [0, 0.05) is 30.3 Å². The van der Waals surface area contributed by atoms with Gasteiger partial charge in [-0.3, -0.25) is 0 Å². The molecule has 19 heavy (non-hydrogen) atoms. The second-order valence-corrected chi connectivity index (χ2v) is 5.27. The van der Waals surface area contributed by atoms with Crippen molar-refractivity contribution in [3.63, 3.8) is 0 Å². The van der Waals surface area contributed by atoms with Crippen molar-refractivity contribution < 1.29 is 9.13 Å². The van der Waals surface area contributed by atoms with Crippen LogP contribution in [0.25, 0.3) is 0 Å². The van der Waals surface area contributed by atoms with E-state index in [0.717, 1.165) is 32.4 Å². The Morgan fingerprint density at radius 3 is 2.68 bits per heavy atom. The summed E-state index contributed by atoms with van der Waals surface area (Å²) in [5, 5.41) is 3.90. The molecule has 2 nitrogen and oxygen atoms in total. The Morgan fingerprint density at radius 2 is 2.00 bits per heavy atom. The molecule has 1 rings (SSSR count). The van der Waals surface area contributed by atoms with E-state index in [1.807, 2.05) is 6.92 Å². The highest BCUT2D eigenvalue weighted by Crippen LogP contribution is 2.32. The van der Waals surface area contributed by atoms with Crippen LogP contribution in [0.15, 0.2) is 12.1 Å². The molecule has 0 radical (unpaired) electrons. The summed E-state index contributed by atoms with van der Waals surface area (Å²) in [6, 6.07) is 2.75. The van der Waals surface area contributed by atoms with Crippen molar-refractivity contribution in [2.24, 2.45) is 0 Å². The summed E-state index contributed by atoms with van der Waals surface area (Å²) in [7, 11) is 1.70. The highest BCUT2D eigenvalue weighted by molar-refractivity contribution is 6.36. The number of halogens is 3. The Labute approximate surface area is 124 Å². The molecule has 0 heterocycles. The number of benzene rings is 1. The van der Waals surface area contributed by atoms with E-state index >= 15 is 0 Å². The summed E-state index contributed by atoms with van der Waals surface area (Å²) in [6.45, 7) is 3.56. The minimum atomic E-state index is -0.435. The van der Waals surface area contributed by atoms with Crippen molar-refractivity contribution in [2.45, 2.75) is 32.2 Å². The monoisotopic (exact) mass is 307 g/mol. The van der Waals surface area contributed by atoms with Gasteiger partial charge in [-0.25, -0.2) is 4.39 Å². The fourth-order valence-electron chi connectivity index (χ4n) is 1.91. The van der Waals surface area contributed by atoms with Gasteiger partial charge in [-0.1, -0.05) is 23.2 Å². The lowest BCUT2D eigenvalue weighted by Gasteiger charge is -2.17. The second kappa shape index (κ2) is 8.75. The van der Waals surface area contributed by atoms with Gasteiger partial charge in [0.05, 0.1) is 5.02 Å². The first-order valence-corrected chi connectivity index (χ1v) is 7.19. The molecule has 5 heteroatoms. The number of rotatable bonds is 8. The van der Waals surface area contributed by atoms with Crippen LogP contribution in [-0.4, -0.2) is 20.3 Å². The first kappa shape index (κ1) is 16.7. The summed E-state index contributed by atoms with van der Waals surface area (Å²) >= 11 is 12.0. The summed E-state index contributed by atoms with van der Waals surface area (Å²) in [5.74, 6) is -0.435. The number of methoxy groups -OCH3 is 1. The van der Waals surface area contributed by atoms with Crippen LogP contribution in [0, 0.1) is 5.82 Å². The van der Waals surface area contributed by atoms with E-state index in [4.69, 9.17) is 27.9 Å². The van der Waals surface area contributed by atoms with Gasteiger partial charge in [-0.15, -0.1) is 0 Å². The van der Waals surface area contributed by atoms with E-state index in [1.165, 1.54) is 12.1 Å². The molecule has 0 fully saturated rings. The third-order valence-corrected chi connectivity index (χ3v) is 3.70. The summed E-state index contributed by atoms with van der Waals surface area (Å²) in [5.41, 5.74) is 0.625. The molecule has 0 aromatic heterocycles. The first-order chi connectivity index (χ1) is 9.07. The summed E-state index contributed by atoms with van der Waals surface area (Å²) < 4.78 is 18.4. The van der Waals surface area contributed by atoms with Gasteiger partial charge >= 0.3 is 0 Å². The number of nitrogens with one attached hydrogen (secondary N) is 1. The molecule has 0 aliphatic heterocycles. The van der Waals surface area contributed by atoms with Gasteiger partial charge in [0.15, 0.2) is 0 Å². The Balaban J connectivity index is 2.45. The van der Waals surface area contributed by atoms with Crippen LogP contribution in [0.3, 0.4) is 0 Å². The third kappa shape index (κ3) is 5.27. The maximum atomic E-state index is 13.4. The SMILES string of the molecule is COCCCCCNC(C)c1c(Cl)ccc(F)c1Cl. The van der Waals surface area contributed by atoms with Crippen LogP contribution in [0.4, 0.5) is 4.39 Å². The molecule has 0 aliphatic rings. The van der Waals surface area contributed by atoms with Gasteiger partial charge < -0.3 is 10.1 Å². The van der Waals surface area contributed by atoms with E-state index in [-0.39, 0.29) is 11.1 Å². The lowest BCUT2D eigenvalue weighted by Crippen LogP contribution is -2.20. The quantitative estimate of drug-likeness (QED) is 0.560. The van der Waals surface area contributed by atoms with E-state index in [1.54, 1.807) is 7.11 Å².